The Kier molecular flexibility index (Phi) is 9.31. The molecule has 0 saturated carbocycles. The van der Waals surface area contributed by atoms with Gasteiger partial charge in [-0.2, -0.15) is 0 Å². The van der Waals surface area contributed by atoms with Crippen LogP contribution in [-0.2, 0) is 26.5 Å². The van der Waals surface area contributed by atoms with Gasteiger partial charge in [-0.3, -0.25) is 19.3 Å². The third kappa shape index (κ3) is 5.82. The van der Waals surface area contributed by atoms with E-state index in [2.05, 4.69) is 32.2 Å². The lowest BCUT2D eigenvalue weighted by Gasteiger charge is -2.37. The van der Waals surface area contributed by atoms with Gasteiger partial charge in [-0.1, -0.05) is 85.3 Å². The molecule has 5 atom stereocenters. The summed E-state index contributed by atoms with van der Waals surface area (Å²) in [5.41, 5.74) is 3.12. The highest BCUT2D eigenvalue weighted by atomic mass is 35.5. The predicted octanol–water partition coefficient (Wildman–Crippen LogP) is 7.93. The Morgan fingerprint density at radius 1 is 0.965 bits per heavy atom. The molecular weight excluding hydrogens is 754 g/mol. The van der Waals surface area contributed by atoms with E-state index in [1.54, 1.807) is 27.9 Å². The van der Waals surface area contributed by atoms with Gasteiger partial charge >= 0.3 is 0 Å². The van der Waals surface area contributed by atoms with Crippen molar-refractivity contribution in [2.75, 3.05) is 30.1 Å². The molecule has 0 aliphatic carbocycles. The second-order valence-corrected chi connectivity index (χ2v) is 21.6. The second kappa shape index (κ2) is 14.1. The largest absolute Gasteiger partial charge is 0.497 e. The first-order chi connectivity index (χ1) is 27.5. The highest BCUT2D eigenvalue weighted by Crippen LogP contribution is 2.60. The monoisotopic (exact) mass is 799 g/mol. The van der Waals surface area contributed by atoms with Crippen LogP contribution in [0.4, 0.5) is 17.1 Å². The van der Waals surface area contributed by atoms with Crippen molar-refractivity contribution in [1.29, 1.82) is 0 Å². The molecule has 4 aliphatic rings. The lowest BCUT2D eigenvalue weighted by molar-refractivity contribution is -0.150. The van der Waals surface area contributed by atoms with Gasteiger partial charge in [0.05, 0.1) is 63.8 Å². The number of amides is 3. The first-order valence-corrected chi connectivity index (χ1v) is 23.2. The number of carbonyl (C=O) groups excluding carboxylic acids is 3. The highest BCUT2D eigenvalue weighted by Gasteiger charge is 2.66. The Bertz CT molecular complexity index is 2420. The van der Waals surface area contributed by atoms with Gasteiger partial charge in [0.1, 0.15) is 5.75 Å². The van der Waals surface area contributed by atoms with Crippen LogP contribution in [0.2, 0.25) is 23.7 Å². The fourth-order valence-electron chi connectivity index (χ4n) is 10.4. The van der Waals surface area contributed by atoms with Crippen LogP contribution < -0.4 is 19.7 Å². The van der Waals surface area contributed by atoms with Crippen molar-refractivity contribution in [2.45, 2.75) is 69.1 Å². The molecule has 1 spiro atoms. The number of halogens is 1. The third-order valence-electron chi connectivity index (χ3n) is 13.2. The molecule has 2 saturated heterocycles. The molecule has 4 aliphatic heterocycles. The van der Waals surface area contributed by atoms with Crippen molar-refractivity contribution < 1.29 is 29.0 Å². The maximum Gasteiger partial charge on any atom is 0.264 e. The van der Waals surface area contributed by atoms with Gasteiger partial charge in [0, 0.05) is 34.1 Å². The van der Waals surface area contributed by atoms with E-state index in [-0.39, 0.29) is 54.8 Å². The first kappa shape index (κ1) is 37.6. The summed E-state index contributed by atoms with van der Waals surface area (Å²) in [5, 5.41) is 13.7. The fraction of sp³-hybridized carbons (Fsp3) is 0.326. The number of methoxy groups -OCH3 is 1. The molecule has 0 bridgehead atoms. The van der Waals surface area contributed by atoms with E-state index in [1.165, 1.54) is 5.19 Å². The van der Waals surface area contributed by atoms with E-state index >= 15 is 4.79 Å². The van der Waals surface area contributed by atoms with Crippen molar-refractivity contribution in [3.8, 4) is 5.75 Å². The highest BCUT2D eigenvalue weighted by molar-refractivity contribution is 6.91. The molecule has 11 heteroatoms. The summed E-state index contributed by atoms with van der Waals surface area (Å²) >= 11 is 6.73. The van der Waals surface area contributed by atoms with Crippen LogP contribution in [0.25, 0.3) is 10.8 Å². The summed E-state index contributed by atoms with van der Waals surface area (Å²) in [4.78, 5) is 48.4. The standard InChI is InChI=1S/C46H46ClN3O6Si/c1-28-43(57(3,4)35-20-18-34(55-2)19-21-35)40(25-41(52)48-23-7-10-33(48)27-51)56-46(28)37-24-31(47)15-22-38(37)49(45(46)54)26-29-13-16-32(17-14-29)50-39-12-6-9-30-8-5-11-36(42(30)39)44(50)53/h5-6,8-9,11-22,24,28,33,40,43,51H,7,10,23,25-27H2,1-4H3/t28-,33-,40+,43-,46+/m0/s1. The quantitative estimate of drug-likeness (QED) is 0.152. The number of aliphatic hydroxyl groups excluding tert-OH is 1. The summed E-state index contributed by atoms with van der Waals surface area (Å²) in [7, 11) is -0.847. The van der Waals surface area contributed by atoms with Crippen molar-refractivity contribution in [3.63, 3.8) is 0 Å². The number of ether oxygens (including phenoxy) is 2. The van der Waals surface area contributed by atoms with Crippen LogP contribution in [0.5, 0.6) is 5.75 Å². The number of rotatable bonds is 9. The van der Waals surface area contributed by atoms with Crippen LogP contribution in [0.1, 0.15) is 47.7 Å². The predicted molar refractivity (Wildman–Crippen MR) is 226 cm³/mol. The van der Waals surface area contributed by atoms with Crippen molar-refractivity contribution in [3.05, 3.63) is 125 Å². The molecular formula is C46H46ClN3O6Si. The summed E-state index contributed by atoms with van der Waals surface area (Å²) in [5.74, 6) is 0.148. The van der Waals surface area contributed by atoms with Crippen molar-refractivity contribution >= 4 is 70.4 Å². The number of aliphatic hydroxyl groups is 1. The van der Waals surface area contributed by atoms with E-state index in [0.717, 1.165) is 52.0 Å². The molecule has 4 heterocycles. The van der Waals surface area contributed by atoms with E-state index in [0.29, 0.717) is 22.7 Å². The Labute approximate surface area is 338 Å². The Morgan fingerprint density at radius 2 is 1.70 bits per heavy atom. The lowest BCUT2D eigenvalue weighted by Crippen LogP contribution is -2.52. The van der Waals surface area contributed by atoms with E-state index < -0.39 is 19.8 Å². The van der Waals surface area contributed by atoms with Crippen molar-refractivity contribution in [1.82, 2.24) is 4.90 Å². The molecule has 9 rings (SSSR count). The average Bonchev–Trinajstić information content (AvgIpc) is 3.95. The molecule has 3 amide bonds. The van der Waals surface area contributed by atoms with E-state index in [1.807, 2.05) is 84.9 Å². The number of likely N-dealkylation sites (tertiary alicyclic amines) is 1. The number of anilines is 3. The zero-order valence-electron chi connectivity index (χ0n) is 32.6. The third-order valence-corrected chi connectivity index (χ3v) is 17.8. The lowest BCUT2D eigenvalue weighted by atomic mass is 9.82. The smallest absolute Gasteiger partial charge is 0.264 e. The summed E-state index contributed by atoms with van der Waals surface area (Å²) in [6.07, 6.45) is 1.16. The minimum absolute atomic E-state index is 0.0603. The van der Waals surface area contributed by atoms with Crippen LogP contribution in [0.3, 0.4) is 0 Å². The number of hydrogen-bond acceptors (Lipinski definition) is 6. The van der Waals surface area contributed by atoms with E-state index in [9.17, 15) is 14.7 Å². The van der Waals surface area contributed by atoms with Gasteiger partial charge in [-0.15, -0.1) is 0 Å². The molecule has 9 nitrogen and oxygen atoms in total. The maximum absolute atomic E-state index is 15.3. The molecule has 5 aromatic carbocycles. The first-order valence-electron chi connectivity index (χ1n) is 19.8. The minimum Gasteiger partial charge on any atom is -0.497 e. The fourth-order valence-corrected chi connectivity index (χ4v) is 14.6. The van der Waals surface area contributed by atoms with Crippen LogP contribution in [0.15, 0.2) is 103 Å². The molecule has 292 valence electrons. The molecule has 1 N–H and O–H groups in total. The van der Waals surface area contributed by atoms with Gasteiger partial charge in [0.2, 0.25) is 5.91 Å². The molecule has 2 fully saturated rings. The maximum atomic E-state index is 15.3. The minimum atomic E-state index is -2.50. The molecule has 57 heavy (non-hydrogen) atoms. The van der Waals surface area contributed by atoms with Gasteiger partial charge in [-0.05, 0) is 83.9 Å². The van der Waals surface area contributed by atoms with Crippen LogP contribution in [-0.4, -0.2) is 68.2 Å². The summed E-state index contributed by atoms with van der Waals surface area (Å²) in [6.45, 7) is 7.49. The number of carbonyl (C=O) groups is 3. The zero-order chi connectivity index (χ0) is 39.8. The second-order valence-electron chi connectivity index (χ2n) is 16.5. The Morgan fingerprint density at radius 3 is 2.42 bits per heavy atom. The number of benzene rings is 5. The number of nitrogens with zero attached hydrogens (tertiary/aromatic N) is 3. The van der Waals surface area contributed by atoms with Gasteiger partial charge < -0.3 is 24.4 Å². The number of fused-ring (bicyclic) bond motifs is 2. The molecule has 5 aromatic rings. The molecule has 0 radical (unpaired) electrons. The van der Waals surface area contributed by atoms with Crippen LogP contribution >= 0.6 is 11.6 Å². The summed E-state index contributed by atoms with van der Waals surface area (Å²) < 4.78 is 12.7. The SMILES string of the molecule is COc1ccc([Si](C)(C)[C@@H]2[C@@H](CC(=O)N3CCC[C@H]3CO)O[C@]3(C(=O)N(Cc4ccc(N5C(=O)c6cccc7cccc5c67)cc4)c4ccc(Cl)cc43)[C@H]2C)cc1. The van der Waals surface area contributed by atoms with Crippen molar-refractivity contribution in [2.24, 2.45) is 5.92 Å². The topological polar surface area (TPSA) is 99.6 Å². The average molecular weight is 800 g/mol. The Balaban J connectivity index is 1.06. The molecule has 0 aromatic heterocycles. The van der Waals surface area contributed by atoms with Crippen LogP contribution in [0, 0.1) is 5.92 Å². The normalized spacial score (nSPS) is 24.0. The Hall–Kier alpha value is -5.00. The molecule has 0 unspecified atom stereocenters. The summed E-state index contributed by atoms with van der Waals surface area (Å²) in [6, 6.07) is 33.1. The van der Waals surface area contributed by atoms with Gasteiger partial charge in [-0.25, -0.2) is 0 Å². The van der Waals surface area contributed by atoms with Gasteiger partial charge in [0.25, 0.3) is 11.8 Å². The van der Waals surface area contributed by atoms with Gasteiger partial charge in [0.15, 0.2) is 5.60 Å². The number of hydrogen-bond donors (Lipinski definition) is 1. The van der Waals surface area contributed by atoms with E-state index in [4.69, 9.17) is 21.1 Å². The zero-order valence-corrected chi connectivity index (χ0v) is 34.3.